The van der Waals surface area contributed by atoms with Gasteiger partial charge in [0.2, 0.25) is 5.88 Å². The smallest absolute Gasteiger partial charge is 0.257 e. The second-order valence-corrected chi connectivity index (χ2v) is 4.88. The standard InChI is InChI=1S/C15H16N2O2S/c1-3-19-14-8-7-11(10-16-14)15(18)17-12-5-4-6-13(9-12)20-2/h4-10H,3H2,1-2H3,(H,17,18). The fraction of sp³-hybridized carbons (Fsp3) is 0.200. The largest absolute Gasteiger partial charge is 0.478 e. The van der Waals surface area contributed by atoms with Gasteiger partial charge >= 0.3 is 0 Å². The molecule has 1 aromatic heterocycles. The summed E-state index contributed by atoms with van der Waals surface area (Å²) in [6.07, 6.45) is 3.51. The minimum Gasteiger partial charge on any atom is -0.478 e. The maximum atomic E-state index is 12.1. The van der Waals surface area contributed by atoms with Crippen molar-refractivity contribution in [2.45, 2.75) is 11.8 Å². The highest BCUT2D eigenvalue weighted by Crippen LogP contribution is 2.19. The van der Waals surface area contributed by atoms with Crippen LogP contribution in [0.3, 0.4) is 0 Å². The van der Waals surface area contributed by atoms with Crippen LogP contribution in [-0.2, 0) is 0 Å². The lowest BCUT2D eigenvalue weighted by molar-refractivity contribution is 0.102. The Hall–Kier alpha value is -2.01. The normalized spacial score (nSPS) is 10.1. The summed E-state index contributed by atoms with van der Waals surface area (Å²) in [4.78, 5) is 17.3. The first-order valence-corrected chi connectivity index (χ1v) is 7.49. The lowest BCUT2D eigenvalue weighted by atomic mass is 10.2. The third-order valence-electron chi connectivity index (χ3n) is 2.62. The topological polar surface area (TPSA) is 51.2 Å². The number of thioether (sulfide) groups is 1. The van der Waals surface area contributed by atoms with Crippen molar-refractivity contribution in [1.29, 1.82) is 0 Å². The van der Waals surface area contributed by atoms with Crippen molar-refractivity contribution in [3.8, 4) is 5.88 Å². The molecule has 104 valence electrons. The quantitative estimate of drug-likeness (QED) is 0.856. The first-order valence-electron chi connectivity index (χ1n) is 6.27. The lowest BCUT2D eigenvalue weighted by Crippen LogP contribution is -2.12. The molecule has 1 aromatic carbocycles. The molecule has 2 rings (SSSR count). The van der Waals surface area contributed by atoms with Gasteiger partial charge in [-0.05, 0) is 37.4 Å². The number of amides is 1. The molecule has 4 nitrogen and oxygen atoms in total. The number of nitrogens with one attached hydrogen (secondary N) is 1. The number of rotatable bonds is 5. The number of nitrogens with zero attached hydrogens (tertiary/aromatic N) is 1. The van der Waals surface area contributed by atoms with E-state index in [-0.39, 0.29) is 5.91 Å². The van der Waals surface area contributed by atoms with Crippen molar-refractivity contribution in [2.75, 3.05) is 18.2 Å². The second kappa shape index (κ2) is 6.96. The van der Waals surface area contributed by atoms with Crippen LogP contribution in [0.5, 0.6) is 5.88 Å². The van der Waals surface area contributed by atoms with E-state index in [2.05, 4.69) is 10.3 Å². The van der Waals surface area contributed by atoms with Crippen LogP contribution >= 0.6 is 11.8 Å². The summed E-state index contributed by atoms with van der Waals surface area (Å²) in [5.41, 5.74) is 1.28. The molecule has 1 amide bonds. The molecule has 0 unspecified atom stereocenters. The van der Waals surface area contributed by atoms with Gasteiger partial charge in [0.15, 0.2) is 0 Å². The van der Waals surface area contributed by atoms with Crippen molar-refractivity contribution < 1.29 is 9.53 Å². The Kier molecular flexibility index (Phi) is 5.01. The van der Waals surface area contributed by atoms with Crippen molar-refractivity contribution in [3.63, 3.8) is 0 Å². The molecule has 0 spiro atoms. The minimum absolute atomic E-state index is 0.182. The number of carbonyl (C=O) groups is 1. The van der Waals surface area contributed by atoms with Crippen molar-refractivity contribution in [2.24, 2.45) is 0 Å². The average Bonchev–Trinajstić information content (AvgIpc) is 2.48. The Bertz CT molecular complexity index is 585. The number of aromatic nitrogens is 1. The predicted molar refractivity (Wildman–Crippen MR) is 81.6 cm³/mol. The molecule has 0 atom stereocenters. The molecule has 5 heteroatoms. The van der Waals surface area contributed by atoms with Crippen LogP contribution in [0.4, 0.5) is 5.69 Å². The van der Waals surface area contributed by atoms with E-state index in [1.807, 2.05) is 37.4 Å². The predicted octanol–water partition coefficient (Wildman–Crippen LogP) is 3.45. The number of ether oxygens (including phenoxy) is 1. The van der Waals surface area contributed by atoms with E-state index in [1.54, 1.807) is 23.9 Å². The van der Waals surface area contributed by atoms with Gasteiger partial charge in [-0.25, -0.2) is 4.98 Å². The molecule has 0 aliphatic heterocycles. The van der Waals surface area contributed by atoms with E-state index < -0.39 is 0 Å². The number of anilines is 1. The Balaban J connectivity index is 2.07. The van der Waals surface area contributed by atoms with Crippen molar-refractivity contribution >= 4 is 23.4 Å². The zero-order chi connectivity index (χ0) is 14.4. The van der Waals surface area contributed by atoms with Gasteiger partial charge in [0, 0.05) is 22.8 Å². The molecule has 20 heavy (non-hydrogen) atoms. The molecule has 2 aromatic rings. The molecule has 0 fully saturated rings. The maximum Gasteiger partial charge on any atom is 0.257 e. The average molecular weight is 288 g/mol. The van der Waals surface area contributed by atoms with Crippen LogP contribution in [0, 0.1) is 0 Å². The number of hydrogen-bond acceptors (Lipinski definition) is 4. The van der Waals surface area contributed by atoms with Gasteiger partial charge in [0.1, 0.15) is 0 Å². The maximum absolute atomic E-state index is 12.1. The van der Waals surface area contributed by atoms with E-state index in [4.69, 9.17) is 4.74 Å². The second-order valence-electron chi connectivity index (χ2n) is 4.00. The van der Waals surface area contributed by atoms with Gasteiger partial charge in [0.05, 0.1) is 12.2 Å². The molecule has 0 aliphatic rings. The molecule has 0 saturated carbocycles. The Morgan fingerprint density at radius 2 is 2.20 bits per heavy atom. The van der Waals surface area contributed by atoms with Gasteiger partial charge in [-0.1, -0.05) is 6.07 Å². The molecule has 1 N–H and O–H groups in total. The van der Waals surface area contributed by atoms with Gasteiger partial charge < -0.3 is 10.1 Å². The summed E-state index contributed by atoms with van der Waals surface area (Å²) in [5, 5.41) is 2.85. The Labute approximate surface area is 122 Å². The summed E-state index contributed by atoms with van der Waals surface area (Å²) in [6, 6.07) is 11.1. The molecule has 1 heterocycles. The number of carbonyl (C=O) groups excluding carboxylic acids is 1. The molecular formula is C15H16N2O2S. The third kappa shape index (κ3) is 3.74. The van der Waals surface area contributed by atoms with Crippen LogP contribution in [0.2, 0.25) is 0 Å². The van der Waals surface area contributed by atoms with Gasteiger partial charge in [0.25, 0.3) is 5.91 Å². The van der Waals surface area contributed by atoms with Crippen LogP contribution in [0.1, 0.15) is 17.3 Å². The minimum atomic E-state index is -0.182. The molecule has 0 aliphatic carbocycles. The van der Waals surface area contributed by atoms with Gasteiger partial charge in [-0.3, -0.25) is 4.79 Å². The SMILES string of the molecule is CCOc1ccc(C(=O)Nc2cccc(SC)c2)cn1. The van der Waals surface area contributed by atoms with E-state index in [0.29, 0.717) is 18.1 Å². The summed E-state index contributed by atoms with van der Waals surface area (Å²) in [6.45, 7) is 2.45. The van der Waals surface area contributed by atoms with E-state index >= 15 is 0 Å². The van der Waals surface area contributed by atoms with Crippen LogP contribution in [0.15, 0.2) is 47.5 Å². The highest BCUT2D eigenvalue weighted by atomic mass is 32.2. The van der Waals surface area contributed by atoms with Crippen LogP contribution < -0.4 is 10.1 Å². The van der Waals surface area contributed by atoms with E-state index in [0.717, 1.165) is 10.6 Å². The zero-order valence-electron chi connectivity index (χ0n) is 11.4. The molecular weight excluding hydrogens is 272 g/mol. The molecule has 0 bridgehead atoms. The zero-order valence-corrected chi connectivity index (χ0v) is 12.2. The molecule has 0 saturated heterocycles. The number of benzene rings is 1. The first-order chi connectivity index (χ1) is 9.72. The number of pyridine rings is 1. The fourth-order valence-corrected chi connectivity index (χ4v) is 2.11. The Morgan fingerprint density at radius 1 is 1.35 bits per heavy atom. The summed E-state index contributed by atoms with van der Waals surface area (Å²) < 4.78 is 5.24. The number of hydrogen-bond donors (Lipinski definition) is 1. The van der Waals surface area contributed by atoms with E-state index in [9.17, 15) is 4.79 Å². The third-order valence-corrected chi connectivity index (χ3v) is 3.34. The first kappa shape index (κ1) is 14.4. The fourth-order valence-electron chi connectivity index (χ4n) is 1.65. The van der Waals surface area contributed by atoms with Gasteiger partial charge in [-0.15, -0.1) is 11.8 Å². The van der Waals surface area contributed by atoms with Crippen molar-refractivity contribution in [3.05, 3.63) is 48.2 Å². The van der Waals surface area contributed by atoms with E-state index in [1.165, 1.54) is 6.20 Å². The molecule has 0 radical (unpaired) electrons. The summed E-state index contributed by atoms with van der Waals surface area (Å²) in [7, 11) is 0. The Morgan fingerprint density at radius 3 is 2.85 bits per heavy atom. The summed E-state index contributed by atoms with van der Waals surface area (Å²) >= 11 is 1.63. The van der Waals surface area contributed by atoms with Gasteiger partial charge in [-0.2, -0.15) is 0 Å². The monoisotopic (exact) mass is 288 g/mol. The van der Waals surface area contributed by atoms with Crippen LogP contribution in [0.25, 0.3) is 0 Å². The highest BCUT2D eigenvalue weighted by molar-refractivity contribution is 7.98. The van der Waals surface area contributed by atoms with Crippen molar-refractivity contribution in [1.82, 2.24) is 4.98 Å². The summed E-state index contributed by atoms with van der Waals surface area (Å²) in [5.74, 6) is 0.340. The lowest BCUT2D eigenvalue weighted by Gasteiger charge is -2.07. The highest BCUT2D eigenvalue weighted by Gasteiger charge is 2.07. The van der Waals surface area contributed by atoms with Crippen LogP contribution in [-0.4, -0.2) is 23.8 Å².